The molecule has 0 aliphatic heterocycles. The van der Waals surface area contributed by atoms with Crippen LogP contribution in [0.4, 0.5) is 4.39 Å². The summed E-state index contributed by atoms with van der Waals surface area (Å²) in [7, 11) is 0. The van der Waals surface area contributed by atoms with E-state index in [1.807, 2.05) is 11.5 Å². The fourth-order valence-electron chi connectivity index (χ4n) is 2.19. The van der Waals surface area contributed by atoms with Gasteiger partial charge in [0.25, 0.3) is 0 Å². The van der Waals surface area contributed by atoms with Crippen LogP contribution >= 0.6 is 0 Å². The Morgan fingerprint density at radius 2 is 1.96 bits per heavy atom. The number of amides is 1. The average Bonchev–Trinajstić information content (AvgIpc) is 2.95. The number of aromatic nitrogens is 2. The first-order chi connectivity index (χ1) is 11.1. The second-order valence-electron chi connectivity index (χ2n) is 5.36. The molecule has 0 aliphatic rings. The molecule has 1 aromatic carbocycles. The molecule has 23 heavy (non-hydrogen) atoms. The van der Waals surface area contributed by atoms with Gasteiger partial charge in [-0.3, -0.25) is 9.59 Å². The van der Waals surface area contributed by atoms with Crippen LogP contribution in [0.2, 0.25) is 0 Å². The van der Waals surface area contributed by atoms with Gasteiger partial charge in [-0.2, -0.15) is 0 Å². The van der Waals surface area contributed by atoms with E-state index < -0.39 is 0 Å². The fraction of sp³-hybridized carbons (Fsp3) is 0.353. The summed E-state index contributed by atoms with van der Waals surface area (Å²) in [4.78, 5) is 27.6. The summed E-state index contributed by atoms with van der Waals surface area (Å²) in [5, 5.41) is 2.80. The van der Waals surface area contributed by atoms with E-state index in [2.05, 4.69) is 10.3 Å². The summed E-state index contributed by atoms with van der Waals surface area (Å²) in [5.74, 6) is -0.690. The van der Waals surface area contributed by atoms with Gasteiger partial charge in [-0.05, 0) is 37.6 Å². The normalized spacial score (nSPS) is 10.5. The number of benzene rings is 1. The van der Waals surface area contributed by atoms with E-state index >= 15 is 0 Å². The number of carbonyl (C=O) groups is 2. The van der Waals surface area contributed by atoms with E-state index in [4.69, 9.17) is 0 Å². The number of nitrogens with zero attached hydrogens (tertiary/aromatic N) is 2. The van der Waals surface area contributed by atoms with Crippen LogP contribution in [0.5, 0.6) is 0 Å². The number of carbonyl (C=O) groups excluding carboxylic acids is 2. The van der Waals surface area contributed by atoms with Crippen molar-refractivity contribution in [2.75, 3.05) is 6.54 Å². The summed E-state index contributed by atoms with van der Waals surface area (Å²) >= 11 is 0. The molecule has 2 rings (SSSR count). The molecule has 122 valence electrons. The molecule has 0 bridgehead atoms. The highest BCUT2D eigenvalue weighted by molar-refractivity contribution is 5.97. The van der Waals surface area contributed by atoms with Crippen LogP contribution in [0.25, 0.3) is 0 Å². The third kappa shape index (κ3) is 5.32. The molecule has 0 saturated carbocycles. The van der Waals surface area contributed by atoms with Crippen molar-refractivity contribution in [3.8, 4) is 0 Å². The molecule has 0 aliphatic carbocycles. The molecule has 0 unspecified atom stereocenters. The van der Waals surface area contributed by atoms with Gasteiger partial charge in [-0.15, -0.1) is 0 Å². The molecule has 1 amide bonds. The summed E-state index contributed by atoms with van der Waals surface area (Å²) in [6.45, 7) is 3.33. The molecular formula is C17H20FN3O2. The highest BCUT2D eigenvalue weighted by atomic mass is 19.1. The first-order valence-electron chi connectivity index (χ1n) is 7.58. The minimum Gasteiger partial charge on any atom is -0.356 e. The second kappa shape index (κ2) is 8.22. The highest BCUT2D eigenvalue weighted by Crippen LogP contribution is 2.07. The number of imidazole rings is 1. The van der Waals surface area contributed by atoms with Gasteiger partial charge in [0.15, 0.2) is 5.78 Å². The van der Waals surface area contributed by atoms with Crippen LogP contribution in [-0.4, -0.2) is 27.8 Å². The summed E-state index contributed by atoms with van der Waals surface area (Å²) in [6, 6.07) is 5.35. The lowest BCUT2D eigenvalue weighted by Crippen LogP contribution is -2.25. The fourth-order valence-corrected chi connectivity index (χ4v) is 2.19. The zero-order chi connectivity index (χ0) is 16.7. The van der Waals surface area contributed by atoms with Crippen LogP contribution < -0.4 is 5.32 Å². The molecule has 0 saturated heterocycles. The van der Waals surface area contributed by atoms with Crippen molar-refractivity contribution in [2.24, 2.45) is 0 Å². The maximum atomic E-state index is 12.8. The molecule has 6 heteroatoms. The molecule has 0 spiro atoms. The standard InChI is InChI=1S/C17H20FN3O2/c1-13-11-19-12-21(13)10-2-9-20-17(23)8-7-16(22)14-3-5-15(18)6-4-14/h3-6,11-12H,2,7-10H2,1H3,(H,20,23). The monoisotopic (exact) mass is 317 g/mol. The SMILES string of the molecule is Cc1cncn1CCCNC(=O)CCC(=O)c1ccc(F)cc1. The summed E-state index contributed by atoms with van der Waals surface area (Å²) < 4.78 is 14.8. The van der Waals surface area contributed by atoms with E-state index in [0.29, 0.717) is 12.1 Å². The van der Waals surface area contributed by atoms with Crippen LogP contribution in [0, 0.1) is 12.7 Å². The molecule has 1 heterocycles. The maximum absolute atomic E-state index is 12.8. The van der Waals surface area contributed by atoms with Gasteiger partial charge >= 0.3 is 0 Å². The third-order valence-electron chi connectivity index (χ3n) is 3.56. The van der Waals surface area contributed by atoms with E-state index in [1.165, 1.54) is 24.3 Å². The molecule has 0 radical (unpaired) electrons. The lowest BCUT2D eigenvalue weighted by molar-refractivity contribution is -0.121. The topological polar surface area (TPSA) is 64.0 Å². The molecule has 5 nitrogen and oxygen atoms in total. The number of ketones is 1. The Labute approximate surface area is 134 Å². The molecule has 1 aromatic heterocycles. The second-order valence-corrected chi connectivity index (χ2v) is 5.36. The van der Waals surface area contributed by atoms with E-state index in [1.54, 1.807) is 12.5 Å². The first-order valence-corrected chi connectivity index (χ1v) is 7.58. The number of halogens is 1. The quantitative estimate of drug-likeness (QED) is 0.601. The van der Waals surface area contributed by atoms with Crippen molar-refractivity contribution in [2.45, 2.75) is 32.7 Å². The van der Waals surface area contributed by atoms with E-state index in [9.17, 15) is 14.0 Å². The van der Waals surface area contributed by atoms with Crippen molar-refractivity contribution < 1.29 is 14.0 Å². The number of rotatable bonds is 8. The lowest BCUT2D eigenvalue weighted by atomic mass is 10.1. The lowest BCUT2D eigenvalue weighted by Gasteiger charge is -2.07. The van der Waals surface area contributed by atoms with Crippen molar-refractivity contribution in [3.63, 3.8) is 0 Å². The van der Waals surface area contributed by atoms with Gasteiger partial charge in [-0.25, -0.2) is 9.37 Å². The van der Waals surface area contributed by atoms with Crippen LogP contribution in [-0.2, 0) is 11.3 Å². The van der Waals surface area contributed by atoms with Gasteiger partial charge in [0, 0.05) is 43.4 Å². The Morgan fingerprint density at radius 3 is 2.61 bits per heavy atom. The zero-order valence-electron chi connectivity index (χ0n) is 13.1. The number of nitrogens with one attached hydrogen (secondary N) is 1. The number of hydrogen-bond donors (Lipinski definition) is 1. The average molecular weight is 317 g/mol. The Balaban J connectivity index is 1.64. The van der Waals surface area contributed by atoms with Gasteiger partial charge in [0.1, 0.15) is 5.82 Å². The smallest absolute Gasteiger partial charge is 0.220 e. The third-order valence-corrected chi connectivity index (χ3v) is 3.56. The van der Waals surface area contributed by atoms with Crippen molar-refractivity contribution in [1.82, 2.24) is 14.9 Å². The minimum atomic E-state index is -0.382. The summed E-state index contributed by atoms with van der Waals surface area (Å²) in [5.41, 5.74) is 1.51. The number of Topliss-reactive ketones (excluding diaryl/α,β-unsaturated/α-hetero) is 1. The highest BCUT2D eigenvalue weighted by Gasteiger charge is 2.09. The minimum absolute atomic E-state index is 0.123. The predicted octanol–water partition coefficient (Wildman–Crippen LogP) is 2.50. The summed E-state index contributed by atoms with van der Waals surface area (Å²) in [6.07, 6.45) is 4.62. The van der Waals surface area contributed by atoms with Crippen LogP contribution in [0.1, 0.15) is 35.3 Å². The van der Waals surface area contributed by atoms with Gasteiger partial charge in [-0.1, -0.05) is 0 Å². The molecule has 1 N–H and O–H groups in total. The Hall–Kier alpha value is -2.50. The predicted molar refractivity (Wildman–Crippen MR) is 84.6 cm³/mol. The van der Waals surface area contributed by atoms with E-state index in [-0.39, 0.29) is 30.3 Å². The maximum Gasteiger partial charge on any atom is 0.220 e. The van der Waals surface area contributed by atoms with E-state index in [0.717, 1.165) is 18.7 Å². The molecule has 0 atom stereocenters. The van der Waals surface area contributed by atoms with Gasteiger partial charge < -0.3 is 9.88 Å². The number of hydrogen-bond acceptors (Lipinski definition) is 3. The number of aryl methyl sites for hydroxylation is 2. The van der Waals surface area contributed by atoms with Crippen molar-refractivity contribution in [1.29, 1.82) is 0 Å². The molecular weight excluding hydrogens is 297 g/mol. The molecule has 2 aromatic rings. The van der Waals surface area contributed by atoms with Gasteiger partial charge in [0.05, 0.1) is 6.33 Å². The van der Waals surface area contributed by atoms with Crippen molar-refractivity contribution in [3.05, 3.63) is 53.9 Å². The Kier molecular flexibility index (Phi) is 6.02. The molecule has 0 fully saturated rings. The first kappa shape index (κ1) is 16.9. The van der Waals surface area contributed by atoms with Crippen LogP contribution in [0.15, 0.2) is 36.8 Å². The largest absolute Gasteiger partial charge is 0.356 e. The Morgan fingerprint density at radius 1 is 1.22 bits per heavy atom. The van der Waals surface area contributed by atoms with Gasteiger partial charge in [0.2, 0.25) is 5.91 Å². The Bertz CT molecular complexity index is 665. The zero-order valence-corrected chi connectivity index (χ0v) is 13.1. The van der Waals surface area contributed by atoms with Crippen molar-refractivity contribution >= 4 is 11.7 Å². The van der Waals surface area contributed by atoms with Crippen LogP contribution in [0.3, 0.4) is 0 Å².